The largest absolute Gasteiger partial charge is 0.327 e. The first-order valence-corrected chi connectivity index (χ1v) is 7.69. The molecule has 1 unspecified atom stereocenters. The zero-order valence-electron chi connectivity index (χ0n) is 10.4. The van der Waals surface area contributed by atoms with Crippen LogP contribution in [-0.4, -0.2) is 17.5 Å². The van der Waals surface area contributed by atoms with Crippen LogP contribution >= 0.6 is 11.8 Å². The fourth-order valence-electron chi connectivity index (χ4n) is 2.24. The Morgan fingerprint density at radius 2 is 1.87 bits per heavy atom. The van der Waals surface area contributed by atoms with E-state index in [1.165, 1.54) is 50.0 Å². The van der Waals surface area contributed by atoms with Gasteiger partial charge in [-0.1, -0.05) is 33.1 Å². The van der Waals surface area contributed by atoms with Crippen molar-refractivity contribution >= 4 is 11.8 Å². The molecular weight excluding hydrogens is 202 g/mol. The zero-order chi connectivity index (χ0) is 11.1. The van der Waals surface area contributed by atoms with Crippen LogP contribution in [0.5, 0.6) is 0 Å². The summed E-state index contributed by atoms with van der Waals surface area (Å²) in [5.41, 5.74) is 6.24. The predicted octanol–water partition coefficient (Wildman–Crippen LogP) is 3.67. The van der Waals surface area contributed by atoms with Gasteiger partial charge in [0.15, 0.2) is 0 Å². The topological polar surface area (TPSA) is 26.0 Å². The first kappa shape index (κ1) is 13.4. The number of thioether (sulfide) groups is 1. The maximum atomic E-state index is 6.24. The molecule has 0 bridgehead atoms. The van der Waals surface area contributed by atoms with E-state index in [9.17, 15) is 0 Å². The van der Waals surface area contributed by atoms with Crippen LogP contribution in [0.25, 0.3) is 0 Å². The molecule has 0 amide bonds. The van der Waals surface area contributed by atoms with Gasteiger partial charge in [-0.05, 0) is 36.9 Å². The Balaban J connectivity index is 2.04. The lowest BCUT2D eigenvalue weighted by Crippen LogP contribution is -2.33. The molecule has 0 saturated heterocycles. The Hall–Kier alpha value is 0.310. The van der Waals surface area contributed by atoms with Gasteiger partial charge < -0.3 is 5.73 Å². The number of hydrogen-bond donors (Lipinski definition) is 1. The number of nitrogens with two attached hydrogens (primary N) is 1. The van der Waals surface area contributed by atoms with E-state index in [0.717, 1.165) is 11.8 Å². The lowest BCUT2D eigenvalue weighted by atomic mass is 9.85. The molecule has 0 aromatic heterocycles. The number of rotatable bonds is 6. The molecule has 1 nitrogen and oxygen atoms in total. The molecule has 2 heteroatoms. The summed E-state index contributed by atoms with van der Waals surface area (Å²) in [6.45, 7) is 4.59. The van der Waals surface area contributed by atoms with E-state index in [0.29, 0.717) is 6.04 Å². The van der Waals surface area contributed by atoms with E-state index >= 15 is 0 Å². The van der Waals surface area contributed by atoms with Crippen LogP contribution in [0.3, 0.4) is 0 Å². The molecule has 1 fully saturated rings. The molecule has 1 aliphatic carbocycles. The second-order valence-electron chi connectivity index (χ2n) is 5.32. The summed E-state index contributed by atoms with van der Waals surface area (Å²) in [6, 6.07) is 0.461. The third-order valence-electron chi connectivity index (χ3n) is 3.41. The van der Waals surface area contributed by atoms with E-state index in [1.54, 1.807) is 0 Å². The quantitative estimate of drug-likeness (QED) is 0.703. The maximum absolute atomic E-state index is 6.24. The predicted molar refractivity (Wildman–Crippen MR) is 71.3 cm³/mol. The minimum absolute atomic E-state index is 0.461. The highest BCUT2D eigenvalue weighted by Crippen LogP contribution is 2.27. The normalized spacial score (nSPS) is 20.8. The van der Waals surface area contributed by atoms with Gasteiger partial charge in [-0.2, -0.15) is 11.8 Å². The van der Waals surface area contributed by atoms with Crippen molar-refractivity contribution in [2.75, 3.05) is 11.5 Å². The molecule has 0 aliphatic heterocycles. The van der Waals surface area contributed by atoms with Crippen molar-refractivity contribution in [3.63, 3.8) is 0 Å². The van der Waals surface area contributed by atoms with Gasteiger partial charge in [-0.25, -0.2) is 0 Å². The highest BCUT2D eigenvalue weighted by atomic mass is 32.2. The van der Waals surface area contributed by atoms with E-state index in [4.69, 9.17) is 5.73 Å². The van der Waals surface area contributed by atoms with Crippen molar-refractivity contribution in [3.8, 4) is 0 Å². The van der Waals surface area contributed by atoms with E-state index in [1.807, 2.05) is 0 Å². The van der Waals surface area contributed by atoms with Crippen molar-refractivity contribution in [1.29, 1.82) is 0 Å². The van der Waals surface area contributed by atoms with Crippen LogP contribution in [0.15, 0.2) is 0 Å². The van der Waals surface area contributed by atoms with Crippen molar-refractivity contribution < 1.29 is 0 Å². The van der Waals surface area contributed by atoms with Crippen LogP contribution in [0.1, 0.15) is 52.4 Å². The van der Waals surface area contributed by atoms with Crippen LogP contribution in [0, 0.1) is 11.8 Å². The summed E-state index contributed by atoms with van der Waals surface area (Å²) < 4.78 is 0. The van der Waals surface area contributed by atoms with Crippen molar-refractivity contribution in [1.82, 2.24) is 0 Å². The molecule has 15 heavy (non-hydrogen) atoms. The lowest BCUT2D eigenvalue weighted by Gasteiger charge is -2.27. The van der Waals surface area contributed by atoms with Crippen molar-refractivity contribution in [2.45, 2.75) is 58.4 Å². The average Bonchev–Trinajstić information content (AvgIpc) is 2.25. The van der Waals surface area contributed by atoms with Gasteiger partial charge in [0, 0.05) is 11.8 Å². The second-order valence-corrected chi connectivity index (χ2v) is 6.47. The molecule has 1 aliphatic rings. The van der Waals surface area contributed by atoms with Crippen LogP contribution in [0.2, 0.25) is 0 Å². The minimum atomic E-state index is 0.461. The SMILES string of the molecule is CC(C)CCSCC(N)C1CCCCC1. The van der Waals surface area contributed by atoms with Gasteiger partial charge in [0.2, 0.25) is 0 Å². The molecule has 1 atom stereocenters. The molecule has 0 heterocycles. The molecule has 0 radical (unpaired) electrons. The number of hydrogen-bond acceptors (Lipinski definition) is 2. The Morgan fingerprint density at radius 3 is 2.47 bits per heavy atom. The van der Waals surface area contributed by atoms with Gasteiger partial charge in [0.05, 0.1) is 0 Å². The molecule has 1 rings (SSSR count). The van der Waals surface area contributed by atoms with Gasteiger partial charge in [0.25, 0.3) is 0 Å². The Morgan fingerprint density at radius 1 is 1.20 bits per heavy atom. The first-order chi connectivity index (χ1) is 7.20. The molecule has 90 valence electrons. The summed E-state index contributed by atoms with van der Waals surface area (Å²) in [5, 5.41) is 0. The highest BCUT2D eigenvalue weighted by Gasteiger charge is 2.19. The Kier molecular flexibility index (Phi) is 6.74. The van der Waals surface area contributed by atoms with Crippen molar-refractivity contribution in [2.24, 2.45) is 17.6 Å². The average molecular weight is 229 g/mol. The summed E-state index contributed by atoms with van der Waals surface area (Å²) in [7, 11) is 0. The first-order valence-electron chi connectivity index (χ1n) is 6.53. The summed E-state index contributed by atoms with van der Waals surface area (Å²) in [6.07, 6.45) is 8.35. The highest BCUT2D eigenvalue weighted by molar-refractivity contribution is 7.99. The molecule has 0 aromatic carbocycles. The van der Waals surface area contributed by atoms with E-state index in [-0.39, 0.29) is 0 Å². The van der Waals surface area contributed by atoms with Gasteiger partial charge in [0.1, 0.15) is 0 Å². The fraction of sp³-hybridized carbons (Fsp3) is 1.00. The third-order valence-corrected chi connectivity index (χ3v) is 4.55. The Labute approximate surface area is 99.6 Å². The summed E-state index contributed by atoms with van der Waals surface area (Å²) in [4.78, 5) is 0. The van der Waals surface area contributed by atoms with E-state index < -0.39 is 0 Å². The third kappa shape index (κ3) is 5.82. The molecule has 0 spiro atoms. The Bertz CT molecular complexity index is 153. The molecule has 2 N–H and O–H groups in total. The minimum Gasteiger partial charge on any atom is -0.327 e. The standard InChI is InChI=1S/C13H27NS/c1-11(2)8-9-15-10-13(14)12-6-4-3-5-7-12/h11-13H,3-10,14H2,1-2H3. The molecular formula is C13H27NS. The maximum Gasteiger partial charge on any atom is 0.0158 e. The van der Waals surface area contributed by atoms with Gasteiger partial charge in [-0.3, -0.25) is 0 Å². The summed E-state index contributed by atoms with van der Waals surface area (Å²) >= 11 is 2.06. The summed E-state index contributed by atoms with van der Waals surface area (Å²) in [5.74, 6) is 4.13. The smallest absolute Gasteiger partial charge is 0.0158 e. The monoisotopic (exact) mass is 229 g/mol. The fourth-order valence-corrected chi connectivity index (χ4v) is 3.59. The van der Waals surface area contributed by atoms with Gasteiger partial charge >= 0.3 is 0 Å². The van der Waals surface area contributed by atoms with Crippen LogP contribution in [0.4, 0.5) is 0 Å². The molecule has 0 aromatic rings. The lowest BCUT2D eigenvalue weighted by molar-refractivity contribution is 0.319. The van der Waals surface area contributed by atoms with Gasteiger partial charge in [-0.15, -0.1) is 0 Å². The van der Waals surface area contributed by atoms with E-state index in [2.05, 4.69) is 25.6 Å². The molecule has 1 saturated carbocycles. The second kappa shape index (κ2) is 7.56. The van der Waals surface area contributed by atoms with Crippen molar-refractivity contribution in [3.05, 3.63) is 0 Å². The zero-order valence-corrected chi connectivity index (χ0v) is 11.2. The van der Waals surface area contributed by atoms with Crippen LogP contribution in [-0.2, 0) is 0 Å². The van der Waals surface area contributed by atoms with Crippen LogP contribution < -0.4 is 5.73 Å².